The molecular weight excluding hydrogens is 380 g/mol. The average molecular weight is 390 g/mol. The van der Waals surface area contributed by atoms with Crippen LogP contribution in [-0.4, -0.2) is 24.4 Å². The number of hydrogen-bond donors (Lipinski definition) is 1. The summed E-state index contributed by atoms with van der Waals surface area (Å²) in [5.41, 5.74) is 6.01. The monoisotopic (exact) mass is 390 g/mol. The van der Waals surface area contributed by atoms with E-state index in [0.717, 1.165) is 6.07 Å². The number of rotatable bonds is 4. The van der Waals surface area contributed by atoms with Crippen molar-refractivity contribution in [3.8, 4) is 5.88 Å². The first kappa shape index (κ1) is 16.0. The molecule has 0 amide bonds. The molecule has 0 atom stereocenters. The van der Waals surface area contributed by atoms with E-state index in [1.165, 1.54) is 7.11 Å². The van der Waals surface area contributed by atoms with E-state index in [-0.39, 0.29) is 18.7 Å². The summed E-state index contributed by atoms with van der Waals surface area (Å²) in [5.74, 6) is -1.13. The fraction of sp³-hybridized carbons (Fsp3) is 0.400. The summed E-state index contributed by atoms with van der Waals surface area (Å²) in [6.45, 7) is -0.114. The van der Waals surface area contributed by atoms with Crippen LogP contribution in [0.15, 0.2) is 6.07 Å². The maximum Gasteiger partial charge on any atom is 0.574 e. The highest BCUT2D eigenvalue weighted by molar-refractivity contribution is 14.1. The molecule has 2 N–H and O–H groups in total. The van der Waals surface area contributed by atoms with Crippen molar-refractivity contribution in [1.82, 2.24) is 4.98 Å². The highest BCUT2D eigenvalue weighted by Gasteiger charge is 2.32. The summed E-state index contributed by atoms with van der Waals surface area (Å²) < 4.78 is 44.9. The number of nitrogens with zero attached hydrogens (tertiary/aromatic N) is 1. The van der Waals surface area contributed by atoms with Gasteiger partial charge in [0.15, 0.2) is 0 Å². The Morgan fingerprint density at radius 2 is 2.16 bits per heavy atom. The lowest BCUT2D eigenvalue weighted by Crippen LogP contribution is -2.20. The first-order valence-electron chi connectivity index (χ1n) is 4.97. The number of halogens is 4. The summed E-state index contributed by atoms with van der Waals surface area (Å²) in [7, 11) is 1.21. The lowest BCUT2D eigenvalue weighted by Gasteiger charge is -2.13. The predicted octanol–water partition coefficient (Wildman–Crippen LogP) is 1.76. The molecule has 5 nitrogen and oxygen atoms in total. The first-order chi connectivity index (χ1) is 8.76. The smallest absolute Gasteiger partial charge is 0.469 e. The van der Waals surface area contributed by atoms with E-state index in [1.807, 2.05) is 0 Å². The Bertz CT molecular complexity index is 480. The minimum absolute atomic E-state index is 0.111. The van der Waals surface area contributed by atoms with E-state index in [9.17, 15) is 18.0 Å². The molecule has 0 aliphatic rings. The standard InChI is InChI=1S/C10H10F3IN2O3/c1-18-9(17)2-5-6(14)3-8(16-7(5)4-15)19-10(11,12)13/h3H,2,4,15H2,1H3. The Balaban J connectivity index is 3.11. The van der Waals surface area contributed by atoms with Gasteiger partial charge in [-0.3, -0.25) is 4.79 Å². The molecule has 0 fully saturated rings. The maximum atomic E-state index is 12.1. The van der Waals surface area contributed by atoms with Crippen molar-refractivity contribution < 1.29 is 27.4 Å². The second-order valence-corrected chi connectivity index (χ2v) is 4.53. The molecule has 0 saturated carbocycles. The molecule has 1 rings (SSSR count). The van der Waals surface area contributed by atoms with E-state index in [1.54, 1.807) is 22.6 Å². The highest BCUT2D eigenvalue weighted by Crippen LogP contribution is 2.26. The molecule has 1 heterocycles. The summed E-state index contributed by atoms with van der Waals surface area (Å²) in [6, 6.07) is 1.09. The fourth-order valence-corrected chi connectivity index (χ4v) is 2.08. The molecular formula is C10H10F3IN2O3. The number of alkyl halides is 3. The minimum Gasteiger partial charge on any atom is -0.469 e. The maximum absolute atomic E-state index is 12.1. The van der Waals surface area contributed by atoms with Crippen LogP contribution >= 0.6 is 22.6 Å². The third-order valence-corrected chi connectivity index (χ3v) is 3.06. The topological polar surface area (TPSA) is 74.4 Å². The van der Waals surface area contributed by atoms with Crippen LogP contribution in [0.5, 0.6) is 5.88 Å². The summed E-state index contributed by atoms with van der Waals surface area (Å²) >= 11 is 1.79. The lowest BCUT2D eigenvalue weighted by molar-refractivity contribution is -0.276. The summed E-state index contributed by atoms with van der Waals surface area (Å²) in [5, 5.41) is 0. The van der Waals surface area contributed by atoms with Crippen molar-refractivity contribution in [2.45, 2.75) is 19.3 Å². The Morgan fingerprint density at radius 1 is 1.53 bits per heavy atom. The zero-order valence-corrected chi connectivity index (χ0v) is 11.9. The largest absolute Gasteiger partial charge is 0.574 e. The van der Waals surface area contributed by atoms with Gasteiger partial charge in [0, 0.05) is 16.2 Å². The molecule has 0 saturated heterocycles. The van der Waals surface area contributed by atoms with Crippen molar-refractivity contribution >= 4 is 28.6 Å². The van der Waals surface area contributed by atoms with Crippen LogP contribution in [0.1, 0.15) is 11.3 Å². The predicted molar refractivity (Wildman–Crippen MR) is 67.2 cm³/mol. The number of nitrogens with two attached hydrogens (primary N) is 1. The molecule has 0 aliphatic heterocycles. The molecule has 0 unspecified atom stereocenters. The minimum atomic E-state index is -4.83. The van der Waals surface area contributed by atoms with Gasteiger partial charge in [-0.05, 0) is 28.2 Å². The third kappa shape index (κ3) is 4.82. The molecule has 9 heteroatoms. The zero-order valence-electron chi connectivity index (χ0n) is 9.75. The van der Waals surface area contributed by atoms with Gasteiger partial charge in [-0.15, -0.1) is 13.2 Å². The number of carbonyl (C=O) groups excluding carboxylic acids is 1. The number of methoxy groups -OCH3 is 1. The van der Waals surface area contributed by atoms with Gasteiger partial charge in [-0.25, -0.2) is 4.98 Å². The molecule has 1 aromatic rings. The third-order valence-electron chi connectivity index (χ3n) is 2.09. The van der Waals surface area contributed by atoms with E-state index < -0.39 is 18.2 Å². The number of aromatic nitrogens is 1. The molecule has 0 bridgehead atoms. The first-order valence-corrected chi connectivity index (χ1v) is 6.05. The van der Waals surface area contributed by atoms with Crippen molar-refractivity contribution in [3.05, 3.63) is 20.9 Å². The van der Waals surface area contributed by atoms with E-state index in [0.29, 0.717) is 9.13 Å². The van der Waals surface area contributed by atoms with Gasteiger partial charge in [0.1, 0.15) is 0 Å². The molecule has 0 aliphatic carbocycles. The average Bonchev–Trinajstić information content (AvgIpc) is 2.29. The second kappa shape index (κ2) is 6.37. The molecule has 0 radical (unpaired) electrons. The Labute approximate surface area is 120 Å². The van der Waals surface area contributed by atoms with Crippen LogP contribution in [0.25, 0.3) is 0 Å². The normalized spacial score (nSPS) is 11.3. The Morgan fingerprint density at radius 3 is 2.63 bits per heavy atom. The number of esters is 1. The molecule has 0 spiro atoms. The van der Waals surface area contributed by atoms with Gasteiger partial charge >= 0.3 is 12.3 Å². The lowest BCUT2D eigenvalue weighted by atomic mass is 10.1. The molecule has 0 aromatic carbocycles. The molecule has 1 aromatic heterocycles. The quantitative estimate of drug-likeness (QED) is 0.627. The molecule has 106 valence electrons. The van der Waals surface area contributed by atoms with Crippen LogP contribution in [0.3, 0.4) is 0 Å². The SMILES string of the molecule is COC(=O)Cc1c(I)cc(OC(F)(F)F)nc1CN. The van der Waals surface area contributed by atoms with Crippen LogP contribution in [0.4, 0.5) is 13.2 Å². The number of hydrogen-bond acceptors (Lipinski definition) is 5. The van der Waals surface area contributed by atoms with Crippen molar-refractivity contribution in [1.29, 1.82) is 0 Å². The van der Waals surface area contributed by atoms with Crippen molar-refractivity contribution in [2.24, 2.45) is 5.73 Å². The number of carbonyl (C=O) groups is 1. The van der Waals surface area contributed by atoms with Gasteiger partial charge in [0.05, 0.1) is 19.2 Å². The second-order valence-electron chi connectivity index (χ2n) is 3.37. The van der Waals surface area contributed by atoms with E-state index in [2.05, 4.69) is 14.5 Å². The van der Waals surface area contributed by atoms with Crippen LogP contribution in [0, 0.1) is 3.57 Å². The van der Waals surface area contributed by atoms with Crippen LogP contribution in [-0.2, 0) is 22.5 Å². The van der Waals surface area contributed by atoms with Gasteiger partial charge < -0.3 is 15.2 Å². The summed E-state index contributed by atoms with van der Waals surface area (Å²) in [6.07, 6.45) is -4.94. The van der Waals surface area contributed by atoms with E-state index >= 15 is 0 Å². The fourth-order valence-electron chi connectivity index (χ4n) is 1.31. The Hall–Kier alpha value is -1.10. The molecule has 19 heavy (non-hydrogen) atoms. The van der Waals surface area contributed by atoms with Gasteiger partial charge in [-0.2, -0.15) is 0 Å². The number of ether oxygens (including phenoxy) is 2. The van der Waals surface area contributed by atoms with Crippen molar-refractivity contribution in [3.63, 3.8) is 0 Å². The van der Waals surface area contributed by atoms with E-state index in [4.69, 9.17) is 5.73 Å². The Kier molecular flexibility index (Phi) is 5.35. The van der Waals surface area contributed by atoms with Crippen molar-refractivity contribution in [2.75, 3.05) is 7.11 Å². The van der Waals surface area contributed by atoms with Crippen LogP contribution in [0.2, 0.25) is 0 Å². The van der Waals surface area contributed by atoms with Gasteiger partial charge in [0.25, 0.3) is 0 Å². The highest BCUT2D eigenvalue weighted by atomic mass is 127. The van der Waals surface area contributed by atoms with Crippen LogP contribution < -0.4 is 10.5 Å². The van der Waals surface area contributed by atoms with Gasteiger partial charge in [0.2, 0.25) is 5.88 Å². The summed E-state index contributed by atoms with van der Waals surface area (Å²) in [4.78, 5) is 14.9. The number of pyridine rings is 1. The zero-order chi connectivity index (χ0) is 14.6. The van der Waals surface area contributed by atoms with Gasteiger partial charge in [-0.1, -0.05) is 0 Å².